The number of hydrogen-bond donors (Lipinski definition) is 2. The fourth-order valence-electron chi connectivity index (χ4n) is 2.46. The minimum absolute atomic E-state index is 0.0216. The molecular weight excluding hydrogens is 292 g/mol. The molecule has 0 bridgehead atoms. The molecule has 1 aliphatic heterocycles. The second kappa shape index (κ2) is 5.87. The molecule has 6 heteroatoms. The molecule has 0 unspecified atom stereocenters. The largest absolute Gasteiger partial charge is 0.451 e. The highest BCUT2D eigenvalue weighted by Gasteiger charge is 2.18. The van der Waals surface area contributed by atoms with Crippen LogP contribution < -0.4 is 16.1 Å². The zero-order valence-corrected chi connectivity index (χ0v) is 12.1. The Morgan fingerprint density at radius 2 is 2.05 bits per heavy atom. The number of piperidine rings is 1. The first-order valence-corrected chi connectivity index (χ1v) is 7.26. The molecule has 2 heterocycles. The first kappa shape index (κ1) is 14.1. The van der Waals surface area contributed by atoms with Crippen molar-refractivity contribution in [2.75, 3.05) is 13.1 Å². The molecule has 1 fully saturated rings. The number of fused-ring (bicyclic) bond motifs is 1. The number of carbonyl (C=O) groups is 1. The molecule has 0 spiro atoms. The summed E-state index contributed by atoms with van der Waals surface area (Å²) >= 11 is 5.89. The van der Waals surface area contributed by atoms with Crippen LogP contribution in [0.1, 0.15) is 23.4 Å². The highest BCUT2D eigenvalue weighted by Crippen LogP contribution is 2.18. The van der Waals surface area contributed by atoms with Crippen LogP contribution in [-0.2, 0) is 0 Å². The number of halogens is 1. The molecule has 5 nitrogen and oxygen atoms in total. The summed E-state index contributed by atoms with van der Waals surface area (Å²) < 4.78 is 5.51. The van der Waals surface area contributed by atoms with Crippen molar-refractivity contribution < 1.29 is 9.21 Å². The van der Waals surface area contributed by atoms with Crippen LogP contribution in [-0.4, -0.2) is 25.0 Å². The minimum atomic E-state index is -0.360. The molecule has 0 aliphatic carbocycles. The predicted molar refractivity (Wildman–Crippen MR) is 80.9 cm³/mol. The van der Waals surface area contributed by atoms with Gasteiger partial charge >= 0.3 is 0 Å². The minimum Gasteiger partial charge on any atom is -0.451 e. The lowest BCUT2D eigenvalue weighted by molar-refractivity contribution is 0.0902. The Labute approximate surface area is 126 Å². The van der Waals surface area contributed by atoms with Crippen molar-refractivity contribution in [3.8, 4) is 0 Å². The number of nitrogens with one attached hydrogen (secondary N) is 2. The Kier molecular flexibility index (Phi) is 3.94. The van der Waals surface area contributed by atoms with Gasteiger partial charge < -0.3 is 15.1 Å². The maximum Gasteiger partial charge on any atom is 0.287 e. The van der Waals surface area contributed by atoms with E-state index in [1.807, 2.05) is 0 Å². The van der Waals surface area contributed by atoms with Crippen molar-refractivity contribution in [1.29, 1.82) is 0 Å². The Morgan fingerprint density at radius 3 is 2.81 bits per heavy atom. The molecule has 0 saturated carbocycles. The van der Waals surface area contributed by atoms with Crippen molar-refractivity contribution in [3.63, 3.8) is 0 Å². The van der Waals surface area contributed by atoms with Gasteiger partial charge in [0.1, 0.15) is 5.58 Å². The third kappa shape index (κ3) is 3.09. The topological polar surface area (TPSA) is 71.3 Å². The van der Waals surface area contributed by atoms with Crippen LogP contribution in [0.4, 0.5) is 0 Å². The average molecular weight is 307 g/mol. The fourth-order valence-corrected chi connectivity index (χ4v) is 2.63. The lowest BCUT2D eigenvalue weighted by Gasteiger charge is -2.23. The quantitative estimate of drug-likeness (QED) is 0.889. The average Bonchev–Trinajstić information content (AvgIpc) is 2.47. The molecule has 2 N–H and O–H groups in total. The first-order valence-electron chi connectivity index (χ1n) is 6.88. The van der Waals surface area contributed by atoms with Crippen LogP contribution in [0.5, 0.6) is 0 Å². The number of hydrogen-bond acceptors (Lipinski definition) is 4. The van der Waals surface area contributed by atoms with Gasteiger partial charge in [0.05, 0.1) is 5.39 Å². The van der Waals surface area contributed by atoms with Gasteiger partial charge in [-0.3, -0.25) is 9.59 Å². The highest BCUT2D eigenvalue weighted by atomic mass is 35.5. The van der Waals surface area contributed by atoms with E-state index in [4.69, 9.17) is 16.0 Å². The van der Waals surface area contributed by atoms with Gasteiger partial charge in [-0.15, -0.1) is 0 Å². The van der Waals surface area contributed by atoms with Crippen LogP contribution in [0, 0.1) is 0 Å². The summed E-state index contributed by atoms with van der Waals surface area (Å²) in [6.07, 6.45) is 1.74. The van der Waals surface area contributed by atoms with Crippen molar-refractivity contribution in [3.05, 3.63) is 45.3 Å². The van der Waals surface area contributed by atoms with Crippen molar-refractivity contribution >= 4 is 28.5 Å². The van der Waals surface area contributed by atoms with Crippen molar-refractivity contribution in [2.45, 2.75) is 18.9 Å². The zero-order valence-electron chi connectivity index (χ0n) is 11.3. The molecular formula is C15H15ClN2O3. The molecule has 110 valence electrons. The maximum absolute atomic E-state index is 12.2. The molecule has 0 atom stereocenters. The van der Waals surface area contributed by atoms with E-state index in [9.17, 15) is 9.59 Å². The van der Waals surface area contributed by atoms with E-state index in [1.165, 1.54) is 6.07 Å². The van der Waals surface area contributed by atoms with E-state index < -0.39 is 0 Å². The SMILES string of the molecule is O=C(NC1CCNCC1)c1cc(=O)c2ccc(Cl)cc2o1. The van der Waals surface area contributed by atoms with Gasteiger partial charge in [0.2, 0.25) is 0 Å². The summed E-state index contributed by atoms with van der Waals surface area (Å²) in [5.41, 5.74) is 0.0776. The van der Waals surface area contributed by atoms with Crippen LogP contribution in [0.25, 0.3) is 11.0 Å². The van der Waals surface area contributed by atoms with Crippen LogP contribution in [0.15, 0.2) is 33.5 Å². The summed E-state index contributed by atoms with van der Waals surface area (Å²) in [4.78, 5) is 24.2. The molecule has 1 saturated heterocycles. The Morgan fingerprint density at radius 1 is 1.29 bits per heavy atom. The summed E-state index contributed by atoms with van der Waals surface area (Å²) in [5.74, 6) is -0.339. The van der Waals surface area contributed by atoms with E-state index in [2.05, 4.69) is 10.6 Å². The van der Waals surface area contributed by atoms with Gasteiger partial charge in [0.25, 0.3) is 5.91 Å². The van der Waals surface area contributed by atoms with Crippen LogP contribution in [0.2, 0.25) is 5.02 Å². The summed E-state index contributed by atoms with van der Waals surface area (Å²) in [5, 5.41) is 7.00. The fraction of sp³-hybridized carbons (Fsp3) is 0.333. The second-order valence-electron chi connectivity index (χ2n) is 5.11. The van der Waals surface area contributed by atoms with Crippen LogP contribution in [0.3, 0.4) is 0 Å². The van der Waals surface area contributed by atoms with Crippen molar-refractivity contribution in [1.82, 2.24) is 10.6 Å². The molecule has 1 aromatic heterocycles. The number of amides is 1. The molecule has 1 amide bonds. The van der Waals surface area contributed by atoms with Gasteiger partial charge in [-0.05, 0) is 38.1 Å². The zero-order chi connectivity index (χ0) is 14.8. The highest BCUT2D eigenvalue weighted by molar-refractivity contribution is 6.31. The normalized spacial score (nSPS) is 16.0. The molecule has 1 aromatic carbocycles. The predicted octanol–water partition coefficient (Wildman–Crippen LogP) is 1.93. The Balaban J connectivity index is 1.89. The second-order valence-corrected chi connectivity index (χ2v) is 5.55. The molecule has 0 radical (unpaired) electrons. The van der Waals surface area contributed by atoms with E-state index in [-0.39, 0.29) is 23.1 Å². The summed E-state index contributed by atoms with van der Waals surface area (Å²) in [7, 11) is 0. The van der Waals surface area contributed by atoms with Crippen molar-refractivity contribution in [2.24, 2.45) is 0 Å². The molecule has 21 heavy (non-hydrogen) atoms. The van der Waals surface area contributed by atoms with Gasteiger partial charge in [0, 0.05) is 23.2 Å². The van der Waals surface area contributed by atoms with E-state index in [0.29, 0.717) is 16.0 Å². The summed E-state index contributed by atoms with van der Waals surface area (Å²) in [6, 6.07) is 6.10. The van der Waals surface area contributed by atoms with Gasteiger partial charge in [0.15, 0.2) is 11.2 Å². The van der Waals surface area contributed by atoms with E-state index in [1.54, 1.807) is 18.2 Å². The van der Waals surface area contributed by atoms with Gasteiger partial charge in [-0.2, -0.15) is 0 Å². The maximum atomic E-state index is 12.2. The van der Waals surface area contributed by atoms with Crippen LogP contribution >= 0.6 is 11.6 Å². The van der Waals surface area contributed by atoms with E-state index >= 15 is 0 Å². The smallest absolute Gasteiger partial charge is 0.287 e. The monoisotopic (exact) mass is 306 g/mol. The lowest BCUT2D eigenvalue weighted by Crippen LogP contribution is -2.42. The molecule has 2 aromatic rings. The standard InChI is InChI=1S/C15H15ClN2O3/c16-9-1-2-11-12(19)8-14(21-13(11)7-9)15(20)18-10-3-5-17-6-4-10/h1-2,7-8,10,17H,3-6H2,(H,18,20). The lowest BCUT2D eigenvalue weighted by atomic mass is 10.1. The number of benzene rings is 1. The first-order chi connectivity index (χ1) is 10.1. The molecule has 1 aliphatic rings. The Hall–Kier alpha value is -1.85. The van der Waals surface area contributed by atoms with E-state index in [0.717, 1.165) is 25.9 Å². The van der Waals surface area contributed by atoms with Gasteiger partial charge in [-0.25, -0.2) is 0 Å². The third-order valence-electron chi connectivity index (χ3n) is 3.59. The third-order valence-corrected chi connectivity index (χ3v) is 3.82. The van der Waals surface area contributed by atoms with Gasteiger partial charge in [-0.1, -0.05) is 11.6 Å². The molecule has 3 rings (SSSR count). The number of rotatable bonds is 2. The Bertz CT molecular complexity index is 735. The summed E-state index contributed by atoms with van der Waals surface area (Å²) in [6.45, 7) is 1.75. The number of carbonyl (C=O) groups excluding carboxylic acids is 1.